The molecule has 0 saturated carbocycles. The van der Waals surface area contributed by atoms with Crippen LogP contribution in [-0.2, 0) is 0 Å². The molecule has 0 radical (unpaired) electrons. The zero-order chi connectivity index (χ0) is 19.8. The number of non-ortho nitro benzene ring substituents is 1. The summed E-state index contributed by atoms with van der Waals surface area (Å²) in [7, 11) is 1.55. The van der Waals surface area contributed by atoms with Crippen LogP contribution in [0.2, 0.25) is 0 Å². The minimum Gasteiger partial charge on any atom is -0.497 e. The summed E-state index contributed by atoms with van der Waals surface area (Å²) in [5.41, 5.74) is 0.913. The first kappa shape index (κ1) is 17.3. The lowest BCUT2D eigenvalue weighted by molar-refractivity contribution is -0.383. The van der Waals surface area contributed by atoms with Crippen LogP contribution in [0.15, 0.2) is 59.7 Å². The van der Waals surface area contributed by atoms with Crippen molar-refractivity contribution in [3.8, 4) is 5.75 Å². The Bertz CT molecular complexity index is 1150. The van der Waals surface area contributed by atoms with Crippen LogP contribution in [0.25, 0.3) is 10.8 Å². The van der Waals surface area contributed by atoms with E-state index in [1.807, 2.05) is 0 Å². The monoisotopic (exact) mass is 375 g/mol. The Hall–Kier alpha value is -4.07. The number of nitrogens with zero attached hydrogens (tertiary/aromatic N) is 3. The van der Waals surface area contributed by atoms with Crippen molar-refractivity contribution >= 4 is 34.5 Å². The minimum atomic E-state index is -0.631. The van der Waals surface area contributed by atoms with E-state index in [4.69, 9.17) is 4.74 Å². The van der Waals surface area contributed by atoms with Crippen LogP contribution in [-0.4, -0.2) is 35.1 Å². The van der Waals surface area contributed by atoms with Gasteiger partial charge in [0.2, 0.25) is 0 Å². The number of hydrazone groups is 1. The number of rotatable bonds is 4. The van der Waals surface area contributed by atoms with Crippen LogP contribution in [0.3, 0.4) is 0 Å². The fraction of sp³-hybridized carbons (Fsp3) is 0.0500. The number of ether oxygens (including phenoxy) is 1. The number of hydrogen-bond donors (Lipinski definition) is 0. The van der Waals surface area contributed by atoms with E-state index in [1.54, 1.807) is 37.4 Å². The molecule has 8 heteroatoms. The largest absolute Gasteiger partial charge is 0.497 e. The van der Waals surface area contributed by atoms with Gasteiger partial charge in [0, 0.05) is 11.5 Å². The van der Waals surface area contributed by atoms with Gasteiger partial charge in [-0.15, -0.1) is 0 Å². The summed E-state index contributed by atoms with van der Waals surface area (Å²) in [4.78, 5) is 36.4. The van der Waals surface area contributed by atoms with Crippen molar-refractivity contribution in [1.29, 1.82) is 0 Å². The number of hydrogen-bond acceptors (Lipinski definition) is 6. The third kappa shape index (κ3) is 2.67. The average molecular weight is 375 g/mol. The minimum absolute atomic E-state index is 0.156. The molecule has 4 rings (SSSR count). The van der Waals surface area contributed by atoms with E-state index in [9.17, 15) is 19.7 Å². The van der Waals surface area contributed by atoms with Gasteiger partial charge in [-0.05, 0) is 48.0 Å². The van der Waals surface area contributed by atoms with Gasteiger partial charge in [-0.25, -0.2) is 0 Å². The molecule has 3 aromatic carbocycles. The second-order valence-corrected chi connectivity index (χ2v) is 6.06. The molecule has 0 spiro atoms. The van der Waals surface area contributed by atoms with Gasteiger partial charge in [0.15, 0.2) is 0 Å². The van der Waals surface area contributed by atoms with Gasteiger partial charge >= 0.3 is 0 Å². The van der Waals surface area contributed by atoms with Crippen LogP contribution >= 0.6 is 0 Å². The van der Waals surface area contributed by atoms with Gasteiger partial charge < -0.3 is 4.74 Å². The maximum Gasteiger partial charge on any atom is 0.282 e. The highest BCUT2D eigenvalue weighted by molar-refractivity contribution is 6.26. The molecule has 0 aromatic heterocycles. The Balaban J connectivity index is 1.77. The van der Waals surface area contributed by atoms with Gasteiger partial charge in [-0.1, -0.05) is 6.07 Å². The van der Waals surface area contributed by atoms with Crippen LogP contribution < -0.4 is 4.74 Å². The second-order valence-electron chi connectivity index (χ2n) is 6.06. The van der Waals surface area contributed by atoms with E-state index in [2.05, 4.69) is 5.10 Å². The molecule has 8 nitrogen and oxygen atoms in total. The summed E-state index contributed by atoms with van der Waals surface area (Å²) in [6.07, 6.45) is 1.39. The maximum absolute atomic E-state index is 12.8. The third-order valence-corrected chi connectivity index (χ3v) is 4.50. The summed E-state index contributed by atoms with van der Waals surface area (Å²) >= 11 is 0. The molecule has 3 aromatic rings. The van der Waals surface area contributed by atoms with E-state index in [0.29, 0.717) is 11.3 Å². The Morgan fingerprint density at radius 1 is 1.00 bits per heavy atom. The van der Waals surface area contributed by atoms with Gasteiger partial charge in [0.1, 0.15) is 5.75 Å². The average Bonchev–Trinajstić information content (AvgIpc) is 2.71. The zero-order valence-corrected chi connectivity index (χ0v) is 14.7. The first-order valence-electron chi connectivity index (χ1n) is 8.28. The van der Waals surface area contributed by atoms with E-state index in [1.165, 1.54) is 30.5 Å². The van der Waals surface area contributed by atoms with Crippen LogP contribution in [0.5, 0.6) is 5.75 Å². The fourth-order valence-corrected chi connectivity index (χ4v) is 3.15. The Morgan fingerprint density at radius 3 is 2.32 bits per heavy atom. The predicted molar refractivity (Wildman–Crippen MR) is 102 cm³/mol. The molecule has 2 amide bonds. The summed E-state index contributed by atoms with van der Waals surface area (Å²) in [5, 5.41) is 16.6. The fourth-order valence-electron chi connectivity index (χ4n) is 3.15. The molecule has 0 bridgehead atoms. The number of methoxy groups -OCH3 is 1. The molecule has 1 aliphatic rings. The first-order valence-corrected chi connectivity index (χ1v) is 8.28. The molecule has 138 valence electrons. The topological polar surface area (TPSA) is 102 Å². The lowest BCUT2D eigenvalue weighted by atomic mass is 9.94. The standard InChI is InChI=1S/C20H13N3O5/c1-28-13-7-5-12(6-8-13)11-21-22-19(24)15-4-2-3-14-17(23(26)27)10-9-16(18(14)15)20(22)25/h2-11H,1H3. The molecule has 0 N–H and O–H groups in total. The van der Waals surface area contributed by atoms with Crippen LogP contribution in [0.1, 0.15) is 26.3 Å². The molecule has 0 saturated heterocycles. The van der Waals surface area contributed by atoms with Crippen LogP contribution in [0.4, 0.5) is 5.69 Å². The van der Waals surface area contributed by atoms with Gasteiger partial charge in [0.25, 0.3) is 17.5 Å². The van der Waals surface area contributed by atoms with Crippen molar-refractivity contribution in [2.45, 2.75) is 0 Å². The molecular weight excluding hydrogens is 362 g/mol. The number of carbonyl (C=O) groups excluding carboxylic acids is 2. The normalized spacial score (nSPS) is 13.4. The quantitative estimate of drug-likeness (QED) is 0.301. The highest BCUT2D eigenvalue weighted by Crippen LogP contribution is 2.35. The van der Waals surface area contributed by atoms with Crippen molar-refractivity contribution in [3.63, 3.8) is 0 Å². The predicted octanol–water partition coefficient (Wildman–Crippen LogP) is 3.39. The van der Waals surface area contributed by atoms with E-state index < -0.39 is 16.7 Å². The molecule has 0 fully saturated rings. The smallest absolute Gasteiger partial charge is 0.282 e. The number of carbonyl (C=O) groups is 2. The number of amides is 2. The molecule has 1 aliphatic heterocycles. The second kappa shape index (κ2) is 6.58. The lowest BCUT2D eigenvalue weighted by Crippen LogP contribution is -2.36. The Labute approximate surface area is 158 Å². The summed E-state index contributed by atoms with van der Waals surface area (Å²) in [6, 6.07) is 14.2. The molecule has 28 heavy (non-hydrogen) atoms. The summed E-state index contributed by atoms with van der Waals surface area (Å²) in [6.45, 7) is 0. The van der Waals surface area contributed by atoms with Crippen LogP contribution in [0, 0.1) is 10.1 Å². The third-order valence-electron chi connectivity index (χ3n) is 4.50. The van der Waals surface area contributed by atoms with Crippen molar-refractivity contribution in [1.82, 2.24) is 5.01 Å². The zero-order valence-electron chi connectivity index (χ0n) is 14.7. The van der Waals surface area contributed by atoms with Gasteiger partial charge in [0.05, 0.1) is 34.8 Å². The van der Waals surface area contributed by atoms with Gasteiger partial charge in [-0.2, -0.15) is 10.1 Å². The summed E-state index contributed by atoms with van der Waals surface area (Å²) in [5.74, 6) is -0.591. The van der Waals surface area contributed by atoms with E-state index >= 15 is 0 Å². The van der Waals surface area contributed by atoms with Crippen molar-refractivity contribution in [2.24, 2.45) is 5.10 Å². The van der Waals surface area contributed by atoms with Crippen molar-refractivity contribution in [2.75, 3.05) is 7.11 Å². The number of nitro benzene ring substituents is 1. The Kier molecular flexibility index (Phi) is 4.08. The highest BCUT2D eigenvalue weighted by atomic mass is 16.6. The number of benzene rings is 3. The summed E-state index contributed by atoms with van der Waals surface area (Å²) < 4.78 is 5.08. The van der Waals surface area contributed by atoms with Crippen molar-refractivity contribution in [3.05, 3.63) is 81.4 Å². The van der Waals surface area contributed by atoms with E-state index in [-0.39, 0.29) is 27.6 Å². The van der Waals surface area contributed by atoms with Crippen molar-refractivity contribution < 1.29 is 19.2 Å². The molecule has 0 aliphatic carbocycles. The van der Waals surface area contributed by atoms with E-state index in [0.717, 1.165) is 5.01 Å². The highest BCUT2D eigenvalue weighted by Gasteiger charge is 2.34. The number of imide groups is 1. The molecule has 0 unspecified atom stereocenters. The lowest BCUT2D eigenvalue weighted by Gasteiger charge is -2.22. The van der Waals surface area contributed by atoms with Gasteiger partial charge in [-0.3, -0.25) is 19.7 Å². The molecular formula is C20H13N3O5. The molecule has 1 heterocycles. The first-order chi connectivity index (χ1) is 13.5. The maximum atomic E-state index is 12.8. The SMILES string of the molecule is COc1ccc(C=NN2C(=O)c3cccc4c([N+](=O)[O-])ccc(c34)C2=O)cc1. The Morgan fingerprint density at radius 2 is 1.68 bits per heavy atom. The molecule has 0 atom stereocenters. The number of nitro groups is 1.